The van der Waals surface area contributed by atoms with Gasteiger partial charge in [0.2, 0.25) is 0 Å². The summed E-state index contributed by atoms with van der Waals surface area (Å²) in [6, 6.07) is 0.326. The molecule has 3 heteroatoms. The lowest BCUT2D eigenvalue weighted by molar-refractivity contribution is -0.0160. The highest BCUT2D eigenvalue weighted by molar-refractivity contribution is 4.79. The Labute approximate surface area is 81.0 Å². The molecular weight excluding hydrogens is 164 g/mol. The topological polar surface area (TPSA) is 47.3 Å². The normalized spacial score (nSPS) is 20.3. The summed E-state index contributed by atoms with van der Waals surface area (Å²) in [5.41, 5.74) is 2.76. The summed E-state index contributed by atoms with van der Waals surface area (Å²) in [7, 11) is 0. The minimum Gasteiger partial charge on any atom is -0.374 e. The van der Waals surface area contributed by atoms with E-state index in [4.69, 9.17) is 10.6 Å². The van der Waals surface area contributed by atoms with Crippen molar-refractivity contribution in [3.8, 4) is 0 Å². The van der Waals surface area contributed by atoms with Crippen LogP contribution in [0.25, 0.3) is 0 Å². The fraction of sp³-hybridized carbons (Fsp3) is 1.00. The van der Waals surface area contributed by atoms with Crippen LogP contribution in [0.3, 0.4) is 0 Å². The lowest BCUT2D eigenvalue weighted by atomic mass is 10.1. The molecule has 0 bridgehead atoms. The SMILES string of the molecule is CC(C)(C)OCC(CC1CC1)NN. The Bertz CT molecular complexity index is 149. The van der Waals surface area contributed by atoms with Gasteiger partial charge in [-0.2, -0.15) is 0 Å². The van der Waals surface area contributed by atoms with Crippen molar-refractivity contribution in [2.75, 3.05) is 6.61 Å². The maximum absolute atomic E-state index is 5.67. The average Bonchev–Trinajstić information content (AvgIpc) is 2.79. The average molecular weight is 186 g/mol. The maximum atomic E-state index is 5.67. The molecular formula is C10H22N2O. The summed E-state index contributed by atoms with van der Waals surface area (Å²) in [6.45, 7) is 6.92. The number of nitrogens with two attached hydrogens (primary N) is 1. The highest BCUT2D eigenvalue weighted by Crippen LogP contribution is 2.33. The summed E-state index contributed by atoms with van der Waals surface area (Å²) in [5, 5.41) is 0. The number of hydrogen-bond acceptors (Lipinski definition) is 3. The molecule has 3 nitrogen and oxygen atoms in total. The molecule has 13 heavy (non-hydrogen) atoms. The molecule has 1 aliphatic carbocycles. The number of hydrogen-bond donors (Lipinski definition) is 2. The van der Waals surface area contributed by atoms with Crippen molar-refractivity contribution in [3.63, 3.8) is 0 Å². The van der Waals surface area contributed by atoms with E-state index in [0.29, 0.717) is 6.04 Å². The Balaban J connectivity index is 2.14. The molecule has 0 aliphatic heterocycles. The zero-order chi connectivity index (χ0) is 9.90. The van der Waals surface area contributed by atoms with Crippen molar-refractivity contribution in [3.05, 3.63) is 0 Å². The summed E-state index contributed by atoms with van der Waals surface area (Å²) >= 11 is 0. The first kappa shape index (κ1) is 11.0. The molecule has 1 rings (SSSR count). The summed E-state index contributed by atoms with van der Waals surface area (Å²) < 4.78 is 5.67. The van der Waals surface area contributed by atoms with Gasteiger partial charge in [0.15, 0.2) is 0 Å². The minimum atomic E-state index is -0.0569. The Morgan fingerprint density at radius 2 is 2.08 bits per heavy atom. The molecule has 1 saturated carbocycles. The zero-order valence-electron chi connectivity index (χ0n) is 8.97. The highest BCUT2D eigenvalue weighted by atomic mass is 16.5. The molecule has 0 aromatic rings. The van der Waals surface area contributed by atoms with Crippen molar-refractivity contribution >= 4 is 0 Å². The van der Waals surface area contributed by atoms with Crippen LogP contribution >= 0.6 is 0 Å². The van der Waals surface area contributed by atoms with Crippen molar-refractivity contribution in [2.45, 2.75) is 51.7 Å². The predicted molar refractivity (Wildman–Crippen MR) is 54.2 cm³/mol. The van der Waals surface area contributed by atoms with Crippen LogP contribution in [0.4, 0.5) is 0 Å². The van der Waals surface area contributed by atoms with Gasteiger partial charge in [0, 0.05) is 6.04 Å². The molecule has 0 heterocycles. The van der Waals surface area contributed by atoms with E-state index in [1.165, 1.54) is 12.8 Å². The van der Waals surface area contributed by atoms with Gasteiger partial charge in [-0.1, -0.05) is 12.8 Å². The van der Waals surface area contributed by atoms with Gasteiger partial charge in [-0.3, -0.25) is 11.3 Å². The van der Waals surface area contributed by atoms with Crippen LogP contribution in [-0.4, -0.2) is 18.2 Å². The minimum absolute atomic E-state index is 0.0569. The highest BCUT2D eigenvalue weighted by Gasteiger charge is 2.25. The molecule has 0 spiro atoms. The third kappa shape index (κ3) is 5.24. The van der Waals surface area contributed by atoms with E-state index in [1.54, 1.807) is 0 Å². The first-order valence-corrected chi connectivity index (χ1v) is 5.11. The second-order valence-electron chi connectivity index (χ2n) is 4.97. The maximum Gasteiger partial charge on any atom is 0.0640 e. The monoisotopic (exact) mass is 186 g/mol. The molecule has 3 N–H and O–H groups in total. The molecule has 0 radical (unpaired) electrons. The zero-order valence-corrected chi connectivity index (χ0v) is 8.97. The van der Waals surface area contributed by atoms with Gasteiger partial charge in [-0.25, -0.2) is 0 Å². The standard InChI is InChI=1S/C10H22N2O/c1-10(2,3)13-7-9(12-11)6-8-4-5-8/h8-9,12H,4-7,11H2,1-3H3. The Hall–Kier alpha value is -0.120. The molecule has 0 amide bonds. The summed E-state index contributed by atoms with van der Waals surface area (Å²) in [5.74, 6) is 6.34. The first-order chi connectivity index (χ1) is 6.01. The van der Waals surface area contributed by atoms with E-state index in [0.717, 1.165) is 18.9 Å². The van der Waals surface area contributed by atoms with E-state index in [1.807, 2.05) is 0 Å². The van der Waals surface area contributed by atoms with Gasteiger partial charge < -0.3 is 4.74 Å². The summed E-state index contributed by atoms with van der Waals surface area (Å²) in [4.78, 5) is 0. The van der Waals surface area contributed by atoms with Crippen molar-refractivity contribution in [1.29, 1.82) is 0 Å². The Morgan fingerprint density at radius 3 is 2.46 bits per heavy atom. The second kappa shape index (κ2) is 4.40. The van der Waals surface area contributed by atoms with Crippen molar-refractivity contribution in [1.82, 2.24) is 5.43 Å². The van der Waals surface area contributed by atoms with Crippen LogP contribution in [0.1, 0.15) is 40.0 Å². The second-order valence-corrected chi connectivity index (χ2v) is 4.97. The lowest BCUT2D eigenvalue weighted by Crippen LogP contribution is -2.41. The number of ether oxygens (including phenoxy) is 1. The fourth-order valence-electron chi connectivity index (χ4n) is 1.29. The lowest BCUT2D eigenvalue weighted by Gasteiger charge is -2.24. The third-order valence-corrected chi connectivity index (χ3v) is 2.27. The van der Waals surface area contributed by atoms with E-state index in [-0.39, 0.29) is 5.60 Å². The first-order valence-electron chi connectivity index (χ1n) is 5.11. The van der Waals surface area contributed by atoms with Gasteiger partial charge >= 0.3 is 0 Å². The molecule has 1 aliphatic rings. The Kier molecular flexibility index (Phi) is 3.71. The van der Waals surface area contributed by atoms with Gasteiger partial charge in [0.05, 0.1) is 12.2 Å². The summed E-state index contributed by atoms with van der Waals surface area (Å²) in [6.07, 6.45) is 3.90. The van der Waals surface area contributed by atoms with Crippen LogP contribution in [-0.2, 0) is 4.74 Å². The van der Waals surface area contributed by atoms with Crippen LogP contribution in [0.5, 0.6) is 0 Å². The smallest absolute Gasteiger partial charge is 0.0640 e. The Morgan fingerprint density at radius 1 is 1.46 bits per heavy atom. The molecule has 1 fully saturated rings. The fourth-order valence-corrected chi connectivity index (χ4v) is 1.29. The quantitative estimate of drug-likeness (QED) is 0.504. The molecule has 0 aromatic heterocycles. The third-order valence-electron chi connectivity index (χ3n) is 2.27. The van der Waals surface area contributed by atoms with Crippen molar-refractivity contribution < 1.29 is 4.74 Å². The largest absolute Gasteiger partial charge is 0.374 e. The van der Waals surface area contributed by atoms with E-state index in [2.05, 4.69) is 26.2 Å². The molecule has 0 saturated heterocycles. The van der Waals surface area contributed by atoms with Crippen molar-refractivity contribution in [2.24, 2.45) is 11.8 Å². The number of hydrazine groups is 1. The predicted octanol–water partition coefficient (Wildman–Crippen LogP) is 1.43. The molecule has 1 atom stereocenters. The van der Waals surface area contributed by atoms with Crippen LogP contribution in [0, 0.1) is 5.92 Å². The van der Waals surface area contributed by atoms with Crippen LogP contribution in [0.2, 0.25) is 0 Å². The van der Waals surface area contributed by atoms with Crippen LogP contribution < -0.4 is 11.3 Å². The van der Waals surface area contributed by atoms with E-state index >= 15 is 0 Å². The van der Waals surface area contributed by atoms with Gasteiger partial charge in [-0.15, -0.1) is 0 Å². The molecule has 1 unspecified atom stereocenters. The number of nitrogens with one attached hydrogen (secondary N) is 1. The van der Waals surface area contributed by atoms with Crippen LogP contribution in [0.15, 0.2) is 0 Å². The van der Waals surface area contributed by atoms with Gasteiger partial charge in [-0.05, 0) is 33.1 Å². The van der Waals surface area contributed by atoms with E-state index < -0.39 is 0 Å². The molecule has 78 valence electrons. The molecule has 0 aromatic carbocycles. The number of rotatable bonds is 5. The van der Waals surface area contributed by atoms with Gasteiger partial charge in [0.25, 0.3) is 0 Å². The van der Waals surface area contributed by atoms with Gasteiger partial charge in [0.1, 0.15) is 0 Å². The van der Waals surface area contributed by atoms with E-state index in [9.17, 15) is 0 Å².